The molecule has 0 aliphatic carbocycles. The fraction of sp³-hybridized carbons (Fsp3) is 0.533. The third-order valence-corrected chi connectivity index (χ3v) is 3.80. The minimum Gasteiger partial charge on any atom is -0.507 e. The van der Waals surface area contributed by atoms with Crippen LogP contribution in [0.4, 0.5) is 5.69 Å². The van der Waals surface area contributed by atoms with Crippen LogP contribution < -0.4 is 5.32 Å². The zero-order valence-corrected chi connectivity index (χ0v) is 12.1. The second-order valence-electron chi connectivity index (χ2n) is 5.53. The Morgan fingerprint density at radius 1 is 1.28 bits per heavy atom. The highest BCUT2D eigenvalue weighted by molar-refractivity contribution is 5.95. The van der Waals surface area contributed by atoms with Crippen LogP contribution in [0.3, 0.4) is 0 Å². The van der Waals surface area contributed by atoms with Crippen molar-refractivity contribution in [3.63, 3.8) is 0 Å². The van der Waals surface area contributed by atoms with Gasteiger partial charge in [-0.15, -0.1) is 0 Å². The number of hydrogen-bond donors (Lipinski definition) is 2. The molecule has 0 aromatic heterocycles. The Hall–Kier alpha value is -1.51. The molecule has 100 valence electrons. The number of aromatic hydroxyl groups is 1. The lowest BCUT2D eigenvalue weighted by atomic mass is 9.89. The molecular weight excluding hydrogens is 226 g/mol. The van der Waals surface area contributed by atoms with Crippen LogP contribution in [0.25, 0.3) is 0 Å². The van der Waals surface area contributed by atoms with Gasteiger partial charge in [0.15, 0.2) is 0 Å². The predicted molar refractivity (Wildman–Crippen MR) is 75.0 cm³/mol. The molecule has 0 aliphatic heterocycles. The minimum absolute atomic E-state index is 0.0117. The Morgan fingerprint density at radius 3 is 2.33 bits per heavy atom. The van der Waals surface area contributed by atoms with E-state index in [4.69, 9.17) is 0 Å². The number of amides is 1. The summed E-state index contributed by atoms with van der Waals surface area (Å²) in [5, 5.41) is 12.8. The van der Waals surface area contributed by atoms with Gasteiger partial charge in [-0.1, -0.05) is 20.8 Å². The van der Waals surface area contributed by atoms with E-state index in [2.05, 4.69) is 5.32 Å². The lowest BCUT2D eigenvalue weighted by Crippen LogP contribution is -2.30. The summed E-state index contributed by atoms with van der Waals surface area (Å²) in [5.41, 5.74) is 2.92. The summed E-state index contributed by atoms with van der Waals surface area (Å²) >= 11 is 0. The normalized spacial score (nSPS) is 11.4. The molecular formula is C15H23NO2. The van der Waals surface area contributed by atoms with Gasteiger partial charge in [-0.05, 0) is 49.9 Å². The summed E-state index contributed by atoms with van der Waals surface area (Å²) in [4.78, 5) is 12.2. The van der Waals surface area contributed by atoms with Crippen molar-refractivity contribution >= 4 is 11.6 Å². The first-order valence-electron chi connectivity index (χ1n) is 6.32. The van der Waals surface area contributed by atoms with Crippen LogP contribution in [0.5, 0.6) is 5.75 Å². The van der Waals surface area contributed by atoms with E-state index in [9.17, 15) is 9.90 Å². The maximum atomic E-state index is 12.2. The summed E-state index contributed by atoms with van der Waals surface area (Å²) in [6, 6.07) is 1.82. The number of rotatable bonds is 3. The summed E-state index contributed by atoms with van der Waals surface area (Å²) in [6.45, 7) is 11.5. The third kappa shape index (κ3) is 2.66. The van der Waals surface area contributed by atoms with Gasteiger partial charge in [0, 0.05) is 11.1 Å². The van der Waals surface area contributed by atoms with E-state index < -0.39 is 0 Å². The van der Waals surface area contributed by atoms with Gasteiger partial charge in [-0.25, -0.2) is 0 Å². The molecule has 2 N–H and O–H groups in total. The molecule has 0 heterocycles. The highest BCUT2D eigenvalue weighted by atomic mass is 16.3. The molecule has 0 saturated carbocycles. The Morgan fingerprint density at radius 2 is 1.83 bits per heavy atom. The molecule has 3 nitrogen and oxygen atoms in total. The molecule has 1 rings (SSSR count). The van der Waals surface area contributed by atoms with Gasteiger partial charge >= 0.3 is 0 Å². The molecule has 0 spiro atoms. The largest absolute Gasteiger partial charge is 0.507 e. The van der Waals surface area contributed by atoms with Crippen molar-refractivity contribution < 1.29 is 9.90 Å². The van der Waals surface area contributed by atoms with Gasteiger partial charge in [0.2, 0.25) is 5.91 Å². The van der Waals surface area contributed by atoms with Crippen LogP contribution in [-0.4, -0.2) is 11.0 Å². The molecule has 3 heteroatoms. The fourth-order valence-electron chi connectivity index (χ4n) is 1.65. The van der Waals surface area contributed by atoms with Crippen molar-refractivity contribution in [1.29, 1.82) is 0 Å². The molecule has 0 unspecified atom stereocenters. The van der Waals surface area contributed by atoms with E-state index in [1.807, 2.05) is 47.6 Å². The average molecular weight is 249 g/mol. The summed E-state index contributed by atoms with van der Waals surface area (Å²) in [7, 11) is 0. The summed E-state index contributed by atoms with van der Waals surface area (Å²) in [5.74, 6) is 0.317. The van der Waals surface area contributed by atoms with Crippen molar-refractivity contribution in [3.05, 3.63) is 22.8 Å². The van der Waals surface area contributed by atoms with E-state index in [1.165, 1.54) is 0 Å². The summed E-state index contributed by atoms with van der Waals surface area (Å²) < 4.78 is 0. The minimum atomic E-state index is -0.383. The van der Waals surface area contributed by atoms with Crippen molar-refractivity contribution in [2.45, 2.75) is 48.0 Å². The van der Waals surface area contributed by atoms with Crippen LogP contribution in [0.1, 0.15) is 43.9 Å². The fourth-order valence-corrected chi connectivity index (χ4v) is 1.65. The second-order valence-corrected chi connectivity index (χ2v) is 5.53. The second kappa shape index (κ2) is 5.01. The topological polar surface area (TPSA) is 49.3 Å². The van der Waals surface area contributed by atoms with E-state index in [1.54, 1.807) is 0 Å². The Balaban J connectivity index is 3.10. The number of carbonyl (C=O) groups excluding carboxylic acids is 1. The smallest absolute Gasteiger partial charge is 0.230 e. The number of phenolic OH excluding ortho intramolecular Hbond substituents is 1. The zero-order chi connectivity index (χ0) is 14.1. The molecule has 0 atom stereocenters. The van der Waals surface area contributed by atoms with Gasteiger partial charge in [0.05, 0.1) is 0 Å². The molecule has 1 aromatic rings. The standard InChI is InChI=1S/C15H23NO2/c1-7-15(5,6)14(18)16-12-8-9(2)13(17)11(4)10(12)3/h8,17H,7H2,1-6H3,(H,16,18). The Kier molecular flexibility index (Phi) is 4.05. The first kappa shape index (κ1) is 14.6. The molecule has 1 amide bonds. The van der Waals surface area contributed by atoms with Crippen LogP contribution in [-0.2, 0) is 4.79 Å². The molecule has 0 radical (unpaired) electrons. The van der Waals surface area contributed by atoms with Crippen LogP contribution in [0, 0.1) is 26.2 Å². The van der Waals surface area contributed by atoms with E-state index in [0.717, 1.165) is 28.8 Å². The molecule has 0 fully saturated rings. The predicted octanol–water partition coefficient (Wildman–Crippen LogP) is 3.69. The maximum absolute atomic E-state index is 12.2. The van der Waals surface area contributed by atoms with Crippen LogP contribution in [0.2, 0.25) is 0 Å². The molecule has 18 heavy (non-hydrogen) atoms. The van der Waals surface area contributed by atoms with Crippen molar-refractivity contribution in [1.82, 2.24) is 0 Å². The van der Waals surface area contributed by atoms with Crippen molar-refractivity contribution in [2.24, 2.45) is 5.41 Å². The molecule has 0 bridgehead atoms. The van der Waals surface area contributed by atoms with Gasteiger partial charge in [-0.3, -0.25) is 4.79 Å². The van der Waals surface area contributed by atoms with Crippen LogP contribution in [0.15, 0.2) is 6.07 Å². The number of hydrogen-bond acceptors (Lipinski definition) is 2. The average Bonchev–Trinajstić information content (AvgIpc) is 2.33. The highest BCUT2D eigenvalue weighted by Gasteiger charge is 2.26. The Labute approximate surface area is 109 Å². The Bertz CT molecular complexity index is 476. The lowest BCUT2D eigenvalue weighted by Gasteiger charge is -2.23. The number of benzene rings is 1. The molecule has 1 aromatic carbocycles. The van der Waals surface area contributed by atoms with E-state index >= 15 is 0 Å². The zero-order valence-electron chi connectivity index (χ0n) is 12.1. The molecule has 0 saturated heterocycles. The quantitative estimate of drug-likeness (QED) is 0.803. The van der Waals surface area contributed by atoms with Crippen LogP contribution >= 0.6 is 0 Å². The first-order chi connectivity index (χ1) is 8.20. The SMILES string of the molecule is CCC(C)(C)C(=O)Nc1cc(C)c(O)c(C)c1C. The number of aryl methyl sites for hydroxylation is 1. The monoisotopic (exact) mass is 249 g/mol. The highest BCUT2D eigenvalue weighted by Crippen LogP contribution is 2.31. The first-order valence-corrected chi connectivity index (χ1v) is 6.32. The third-order valence-electron chi connectivity index (χ3n) is 3.80. The molecule has 0 aliphatic rings. The number of carbonyl (C=O) groups is 1. The number of anilines is 1. The van der Waals surface area contributed by atoms with Gasteiger partial charge < -0.3 is 10.4 Å². The maximum Gasteiger partial charge on any atom is 0.230 e. The van der Waals surface area contributed by atoms with Crippen molar-refractivity contribution in [2.75, 3.05) is 5.32 Å². The van der Waals surface area contributed by atoms with Gasteiger partial charge in [0.25, 0.3) is 0 Å². The van der Waals surface area contributed by atoms with Gasteiger partial charge in [0.1, 0.15) is 5.75 Å². The number of nitrogens with one attached hydrogen (secondary N) is 1. The number of phenols is 1. The van der Waals surface area contributed by atoms with Crippen molar-refractivity contribution in [3.8, 4) is 5.75 Å². The van der Waals surface area contributed by atoms with E-state index in [0.29, 0.717) is 5.75 Å². The lowest BCUT2D eigenvalue weighted by molar-refractivity contribution is -0.124. The summed E-state index contributed by atoms with van der Waals surface area (Å²) in [6.07, 6.45) is 0.786. The van der Waals surface area contributed by atoms with E-state index in [-0.39, 0.29) is 11.3 Å². The van der Waals surface area contributed by atoms with Gasteiger partial charge in [-0.2, -0.15) is 0 Å².